The molecule has 0 aliphatic rings. The van der Waals surface area contributed by atoms with Crippen molar-refractivity contribution in [3.63, 3.8) is 0 Å². The lowest BCUT2D eigenvalue weighted by atomic mass is 10.2. The fourth-order valence-electron chi connectivity index (χ4n) is 2.54. The zero-order valence-electron chi connectivity index (χ0n) is 16.0. The molecule has 0 unspecified atom stereocenters. The van der Waals surface area contributed by atoms with Crippen LogP contribution in [0.25, 0.3) is 0 Å². The Morgan fingerprint density at radius 2 is 2.04 bits per heavy atom. The van der Waals surface area contributed by atoms with Crippen molar-refractivity contribution in [1.29, 1.82) is 0 Å². The Kier molecular flexibility index (Phi) is 7.18. The van der Waals surface area contributed by atoms with Crippen LogP contribution in [0.1, 0.15) is 46.9 Å². The number of esters is 1. The normalized spacial score (nSPS) is 11.7. The highest BCUT2D eigenvalue weighted by atomic mass is 32.1. The van der Waals surface area contributed by atoms with Crippen molar-refractivity contribution in [1.82, 2.24) is 15.2 Å². The molecule has 0 aromatic carbocycles. The van der Waals surface area contributed by atoms with Crippen molar-refractivity contribution in [3.8, 4) is 0 Å². The molecule has 7 nitrogen and oxygen atoms in total. The van der Waals surface area contributed by atoms with Gasteiger partial charge in [0.1, 0.15) is 0 Å². The maximum absolute atomic E-state index is 12.3. The van der Waals surface area contributed by atoms with Crippen LogP contribution in [-0.2, 0) is 16.1 Å². The number of carbonyl (C=O) groups excluding carboxylic acids is 3. The average Bonchev–Trinajstić information content (AvgIpc) is 3.23. The van der Waals surface area contributed by atoms with Crippen LogP contribution in [-0.4, -0.2) is 35.1 Å². The predicted molar refractivity (Wildman–Crippen MR) is 104 cm³/mol. The Morgan fingerprint density at radius 3 is 2.67 bits per heavy atom. The van der Waals surface area contributed by atoms with Crippen LogP contribution >= 0.6 is 11.3 Å². The number of nitrogens with zero attached hydrogens (tertiary/aromatic N) is 1. The summed E-state index contributed by atoms with van der Waals surface area (Å²) in [5.41, 5.74) is 2.13. The van der Waals surface area contributed by atoms with Gasteiger partial charge >= 0.3 is 12.0 Å². The van der Waals surface area contributed by atoms with E-state index in [2.05, 4.69) is 10.6 Å². The summed E-state index contributed by atoms with van der Waals surface area (Å²) in [7, 11) is 0. The number of aromatic nitrogens is 1. The number of urea groups is 1. The van der Waals surface area contributed by atoms with E-state index in [0.29, 0.717) is 12.1 Å². The van der Waals surface area contributed by atoms with Gasteiger partial charge in [-0.3, -0.25) is 10.1 Å². The summed E-state index contributed by atoms with van der Waals surface area (Å²) in [4.78, 5) is 36.9. The van der Waals surface area contributed by atoms with Gasteiger partial charge in [0.05, 0.1) is 12.1 Å². The number of thiophene rings is 1. The Labute approximate surface area is 162 Å². The number of aryl methyl sites for hydroxylation is 1. The van der Waals surface area contributed by atoms with Crippen LogP contribution in [0.5, 0.6) is 0 Å². The molecule has 0 radical (unpaired) electrons. The van der Waals surface area contributed by atoms with Gasteiger partial charge < -0.3 is 14.6 Å². The molecule has 0 bridgehead atoms. The van der Waals surface area contributed by atoms with E-state index in [4.69, 9.17) is 4.74 Å². The number of hydrogen-bond donors (Lipinski definition) is 2. The van der Waals surface area contributed by atoms with Gasteiger partial charge in [-0.2, -0.15) is 0 Å². The molecule has 0 aliphatic heterocycles. The molecule has 0 spiro atoms. The fourth-order valence-corrected chi connectivity index (χ4v) is 3.24. The predicted octanol–water partition coefficient (Wildman–Crippen LogP) is 3.00. The molecule has 0 fully saturated rings. The SMILES string of the molecule is CC[C@@H](C)NC(=O)NC(=O)COC(=O)c1cc(C)n(Cc2cccs2)c1C. The van der Waals surface area contributed by atoms with Crippen molar-refractivity contribution >= 4 is 29.2 Å². The van der Waals surface area contributed by atoms with Gasteiger partial charge in [0, 0.05) is 22.3 Å². The molecular weight excluding hydrogens is 366 g/mol. The second-order valence-electron chi connectivity index (χ2n) is 6.36. The maximum Gasteiger partial charge on any atom is 0.340 e. The first-order chi connectivity index (χ1) is 12.8. The second kappa shape index (κ2) is 9.36. The van der Waals surface area contributed by atoms with Gasteiger partial charge in [0.15, 0.2) is 6.61 Å². The molecule has 2 aromatic heterocycles. The van der Waals surface area contributed by atoms with Crippen LogP contribution in [0.4, 0.5) is 4.79 Å². The number of hydrogen-bond acceptors (Lipinski definition) is 5. The molecule has 2 N–H and O–H groups in total. The summed E-state index contributed by atoms with van der Waals surface area (Å²) in [5, 5.41) is 6.76. The lowest BCUT2D eigenvalue weighted by Crippen LogP contribution is -2.44. The summed E-state index contributed by atoms with van der Waals surface area (Å²) in [6.07, 6.45) is 0.748. The van der Waals surface area contributed by atoms with E-state index in [1.54, 1.807) is 17.4 Å². The Bertz CT molecular complexity index is 811. The number of ether oxygens (including phenoxy) is 1. The number of rotatable bonds is 7. The van der Waals surface area contributed by atoms with E-state index in [-0.39, 0.29) is 6.04 Å². The van der Waals surface area contributed by atoms with Crippen molar-refractivity contribution in [2.75, 3.05) is 6.61 Å². The average molecular weight is 391 g/mol. The minimum atomic E-state index is -0.670. The first-order valence-corrected chi connectivity index (χ1v) is 9.66. The molecule has 2 rings (SSSR count). The third-order valence-electron chi connectivity index (χ3n) is 4.26. The van der Waals surface area contributed by atoms with Crippen LogP contribution in [0.3, 0.4) is 0 Å². The first-order valence-electron chi connectivity index (χ1n) is 8.78. The molecule has 27 heavy (non-hydrogen) atoms. The van der Waals surface area contributed by atoms with Gasteiger partial charge in [-0.15, -0.1) is 11.3 Å². The third-order valence-corrected chi connectivity index (χ3v) is 5.13. The lowest BCUT2D eigenvalue weighted by Gasteiger charge is -2.12. The van der Waals surface area contributed by atoms with Gasteiger partial charge in [0.2, 0.25) is 0 Å². The lowest BCUT2D eigenvalue weighted by molar-refractivity contribution is -0.123. The molecule has 2 aromatic rings. The van der Waals surface area contributed by atoms with Gasteiger partial charge in [-0.25, -0.2) is 9.59 Å². The highest BCUT2D eigenvalue weighted by Gasteiger charge is 2.19. The van der Waals surface area contributed by atoms with Crippen LogP contribution in [0, 0.1) is 13.8 Å². The minimum Gasteiger partial charge on any atom is -0.452 e. The fraction of sp³-hybridized carbons (Fsp3) is 0.421. The second-order valence-corrected chi connectivity index (χ2v) is 7.39. The summed E-state index contributed by atoms with van der Waals surface area (Å²) in [5.74, 6) is -1.26. The Morgan fingerprint density at radius 1 is 1.30 bits per heavy atom. The Hall–Kier alpha value is -2.61. The highest BCUT2D eigenvalue weighted by Crippen LogP contribution is 2.20. The van der Waals surface area contributed by atoms with Crippen LogP contribution in [0.2, 0.25) is 0 Å². The number of nitrogens with one attached hydrogen (secondary N) is 2. The number of imide groups is 1. The summed E-state index contributed by atoms with van der Waals surface area (Å²) in [6.45, 7) is 7.68. The molecule has 1 atom stereocenters. The molecular formula is C19H25N3O4S. The minimum absolute atomic E-state index is 0.0471. The standard InChI is InChI=1S/C19H25N3O4S/c1-5-12(2)20-19(25)21-17(23)11-26-18(24)16-9-13(3)22(14(16)4)10-15-7-6-8-27-15/h6-9,12H,5,10-11H2,1-4H3,(H2,20,21,23,25)/t12-/m1/s1. The van der Waals surface area contributed by atoms with Gasteiger partial charge in [-0.1, -0.05) is 13.0 Å². The molecule has 146 valence electrons. The van der Waals surface area contributed by atoms with Crippen molar-refractivity contribution in [2.24, 2.45) is 0 Å². The smallest absolute Gasteiger partial charge is 0.340 e. The maximum atomic E-state index is 12.3. The monoisotopic (exact) mass is 391 g/mol. The van der Waals surface area contributed by atoms with Crippen molar-refractivity contribution in [3.05, 3.63) is 45.4 Å². The quantitative estimate of drug-likeness (QED) is 0.710. The third kappa shape index (κ3) is 5.68. The first kappa shape index (κ1) is 20.7. The summed E-state index contributed by atoms with van der Waals surface area (Å²) in [6, 6.07) is 5.13. The number of carbonyl (C=O) groups is 3. The van der Waals surface area contributed by atoms with E-state index in [1.807, 2.05) is 49.8 Å². The molecule has 3 amide bonds. The van der Waals surface area contributed by atoms with E-state index in [1.165, 1.54) is 4.88 Å². The van der Waals surface area contributed by atoms with Crippen LogP contribution in [0.15, 0.2) is 23.6 Å². The Balaban J connectivity index is 1.92. The summed E-state index contributed by atoms with van der Waals surface area (Å²) >= 11 is 1.65. The van der Waals surface area contributed by atoms with Crippen LogP contribution < -0.4 is 10.6 Å². The largest absolute Gasteiger partial charge is 0.452 e. The topological polar surface area (TPSA) is 89.4 Å². The van der Waals surface area contributed by atoms with Gasteiger partial charge in [0.25, 0.3) is 5.91 Å². The molecule has 8 heteroatoms. The van der Waals surface area contributed by atoms with E-state index >= 15 is 0 Å². The van der Waals surface area contributed by atoms with Gasteiger partial charge in [-0.05, 0) is 44.7 Å². The molecule has 2 heterocycles. The van der Waals surface area contributed by atoms with Crippen molar-refractivity contribution < 1.29 is 19.1 Å². The highest BCUT2D eigenvalue weighted by molar-refractivity contribution is 7.09. The molecule has 0 saturated heterocycles. The molecule has 0 aliphatic carbocycles. The molecule has 0 saturated carbocycles. The van der Waals surface area contributed by atoms with E-state index < -0.39 is 24.5 Å². The van der Waals surface area contributed by atoms with E-state index in [0.717, 1.165) is 17.8 Å². The van der Waals surface area contributed by atoms with E-state index in [9.17, 15) is 14.4 Å². The number of amides is 3. The van der Waals surface area contributed by atoms with Crippen molar-refractivity contribution in [2.45, 2.75) is 46.7 Å². The zero-order valence-corrected chi connectivity index (χ0v) is 16.8. The summed E-state index contributed by atoms with van der Waals surface area (Å²) < 4.78 is 7.09. The zero-order chi connectivity index (χ0) is 20.0.